The Morgan fingerprint density at radius 3 is 2.40 bits per heavy atom. The third-order valence-electron chi connectivity index (χ3n) is 0.605. The lowest BCUT2D eigenvalue weighted by molar-refractivity contribution is -0.154. The Labute approximate surface area is 60.6 Å². The van der Waals surface area contributed by atoms with Gasteiger partial charge in [0.1, 0.15) is 0 Å². The first-order chi connectivity index (χ1) is 4.20. The number of hydrogen-bond donors (Lipinski definition) is 1. The van der Waals surface area contributed by atoms with Crippen LogP contribution in [-0.2, 0) is 9.53 Å². The second-order valence-electron chi connectivity index (χ2n) is 1.27. The van der Waals surface area contributed by atoms with Crippen LogP contribution in [0.5, 0.6) is 0 Å². The van der Waals surface area contributed by atoms with Crippen molar-refractivity contribution in [2.75, 3.05) is 0 Å². The molecule has 0 amide bonds. The van der Waals surface area contributed by atoms with Crippen molar-refractivity contribution < 1.29 is 14.6 Å². The van der Waals surface area contributed by atoms with Gasteiger partial charge in [-0.25, -0.2) is 4.79 Å². The maximum Gasteiger partial charge on any atom is 0.332 e. The number of esters is 1. The monoisotopic (exact) mass is 140 g/mol. The zero-order chi connectivity index (χ0) is 7.28. The number of hydrogen-bond acceptors (Lipinski definition) is 3. The molecule has 3 nitrogen and oxygen atoms in total. The highest BCUT2D eigenvalue weighted by atomic mass is 16.6. The van der Waals surface area contributed by atoms with E-state index in [-0.39, 0.29) is 7.43 Å². The van der Waals surface area contributed by atoms with Crippen molar-refractivity contribution in [2.45, 2.75) is 6.29 Å². The van der Waals surface area contributed by atoms with Crippen molar-refractivity contribution in [3.63, 3.8) is 0 Å². The van der Waals surface area contributed by atoms with Crippen molar-refractivity contribution in [1.82, 2.24) is 0 Å². The van der Waals surface area contributed by atoms with Crippen LogP contribution >= 0.6 is 0 Å². The summed E-state index contributed by atoms with van der Waals surface area (Å²) in [7, 11) is 0. The van der Waals surface area contributed by atoms with Gasteiger partial charge in [0.2, 0.25) is 6.29 Å². The first-order valence-corrected chi connectivity index (χ1v) is 2.34. The second-order valence-corrected chi connectivity index (χ2v) is 1.27. The number of carbonyl (C=O) groups is 1. The van der Waals surface area contributed by atoms with Gasteiger partial charge in [0.05, 0.1) is 0 Å². The number of ether oxygens (including phenoxy) is 1. The number of rotatable bonds is 3. The van der Waals surface area contributed by atoms with E-state index in [1.807, 2.05) is 0 Å². The minimum atomic E-state index is -1.23. The number of carbonyl (C=O) groups excluding carboxylic acids is 1. The molecular weight excluding hydrogens is 132 g/mol. The molecule has 0 aromatic carbocycles. The van der Waals surface area contributed by atoms with Crippen molar-refractivity contribution in [1.29, 1.82) is 0 Å². The average Bonchev–Trinajstić information content (AvgIpc) is 1.87. The zero-order valence-corrected chi connectivity index (χ0v) is 5.41. The molecule has 54 valence electrons. The molecule has 0 aliphatic heterocycles. The smallest absolute Gasteiger partial charge is 0.332 e. The fraction of sp³-hybridized carbons (Fsp3) is 0.143. The Morgan fingerprint density at radius 1 is 1.60 bits per heavy atom. The molecule has 0 rings (SSSR count). The van der Waals surface area contributed by atoms with E-state index in [4.69, 9.17) is 5.11 Å². The molecule has 0 fully saturated rings. The molecule has 1 atom stereocenters. The summed E-state index contributed by atoms with van der Waals surface area (Å²) in [6, 6.07) is 0. The number of aliphatic hydroxyl groups excluding tert-OH is 1. The second kappa shape index (κ2) is 6.04. The normalized spacial score (nSPS) is 10.5. The van der Waals surface area contributed by atoms with Crippen LogP contribution in [-0.4, -0.2) is 17.4 Å². The molecule has 1 N–H and O–H groups in total. The summed E-state index contributed by atoms with van der Waals surface area (Å²) in [5.41, 5.74) is 0. The molecule has 0 aromatic heterocycles. The Morgan fingerprint density at radius 2 is 2.10 bits per heavy atom. The molecule has 0 aliphatic carbocycles. The van der Waals surface area contributed by atoms with Crippen LogP contribution in [0.15, 0.2) is 25.3 Å². The van der Waals surface area contributed by atoms with E-state index in [0.717, 1.165) is 12.2 Å². The largest absolute Gasteiger partial charge is 0.429 e. The van der Waals surface area contributed by atoms with Gasteiger partial charge < -0.3 is 9.84 Å². The molecule has 1 unspecified atom stereocenters. The quantitative estimate of drug-likeness (QED) is 0.265. The summed E-state index contributed by atoms with van der Waals surface area (Å²) in [5.74, 6) is -0.664. The minimum absolute atomic E-state index is 0. The lowest BCUT2D eigenvalue weighted by Crippen LogP contribution is -2.12. The average molecular weight is 140 g/mol. The van der Waals surface area contributed by atoms with Gasteiger partial charge in [-0.2, -0.15) is 0 Å². The number of aliphatic hydroxyl groups is 1. The van der Waals surface area contributed by atoms with E-state index in [1.54, 1.807) is 0 Å². The maximum atomic E-state index is 10.2. The van der Waals surface area contributed by atoms with E-state index in [2.05, 4.69) is 17.9 Å². The predicted molar refractivity (Wildman–Crippen MR) is 35.7 cm³/mol. The van der Waals surface area contributed by atoms with Crippen LogP contribution in [0.25, 0.3) is 0 Å². The minimum Gasteiger partial charge on any atom is -0.429 e. The molecular formula is C7H8O3. The molecule has 10 heavy (non-hydrogen) atoms. The predicted octanol–water partition coefficient (Wildman–Crippen LogP) is 0.301. The standard InChI is InChI=1S/C6H8O3.C/c1-3-5(7)9-6(8)4-2;/h3-5,7H,1-2H2;. The Kier molecular flexibility index (Phi) is 7.05. The van der Waals surface area contributed by atoms with Gasteiger partial charge >= 0.3 is 5.97 Å². The van der Waals surface area contributed by atoms with Crippen molar-refractivity contribution >= 4 is 5.97 Å². The molecule has 0 aromatic rings. The molecule has 0 aliphatic rings. The highest BCUT2D eigenvalue weighted by molar-refractivity contribution is 5.81. The van der Waals surface area contributed by atoms with Gasteiger partial charge in [0.15, 0.2) is 0 Å². The van der Waals surface area contributed by atoms with Gasteiger partial charge in [0.25, 0.3) is 0 Å². The van der Waals surface area contributed by atoms with Crippen molar-refractivity contribution in [3.8, 4) is 0 Å². The SMILES string of the molecule is C=CC(=O)OC(O)C=C.[C]. The molecule has 0 heterocycles. The van der Waals surface area contributed by atoms with Gasteiger partial charge in [-0.1, -0.05) is 13.2 Å². The van der Waals surface area contributed by atoms with Crippen LogP contribution in [0.3, 0.4) is 0 Å². The van der Waals surface area contributed by atoms with Crippen LogP contribution in [0.2, 0.25) is 0 Å². The maximum absolute atomic E-state index is 10.2. The van der Waals surface area contributed by atoms with Crippen molar-refractivity contribution in [3.05, 3.63) is 32.7 Å². The third-order valence-corrected chi connectivity index (χ3v) is 0.605. The summed E-state index contributed by atoms with van der Waals surface area (Å²) in [6.45, 7) is 6.31. The lowest BCUT2D eigenvalue weighted by atomic mass is 10.6. The van der Waals surface area contributed by atoms with E-state index in [1.165, 1.54) is 0 Å². The molecule has 4 radical (unpaired) electrons. The van der Waals surface area contributed by atoms with E-state index < -0.39 is 12.3 Å². The van der Waals surface area contributed by atoms with Gasteiger partial charge in [-0.15, -0.1) is 0 Å². The highest BCUT2D eigenvalue weighted by Gasteiger charge is 2.00. The summed E-state index contributed by atoms with van der Waals surface area (Å²) in [4.78, 5) is 10.2. The molecule has 0 saturated carbocycles. The summed E-state index contributed by atoms with van der Waals surface area (Å²) < 4.78 is 4.23. The fourth-order valence-corrected chi connectivity index (χ4v) is 0.215. The third kappa shape index (κ3) is 5.05. The molecule has 3 heteroatoms. The highest BCUT2D eigenvalue weighted by Crippen LogP contribution is 1.87. The first-order valence-electron chi connectivity index (χ1n) is 2.34. The Bertz CT molecular complexity index is 129. The summed E-state index contributed by atoms with van der Waals surface area (Å²) in [6.07, 6.45) is 0.837. The first kappa shape index (κ1) is 11.7. The molecule has 0 saturated heterocycles. The molecule has 0 bridgehead atoms. The van der Waals surface area contributed by atoms with E-state index in [0.29, 0.717) is 0 Å². The van der Waals surface area contributed by atoms with Crippen LogP contribution in [0.4, 0.5) is 0 Å². The lowest BCUT2D eigenvalue weighted by Gasteiger charge is -2.02. The van der Waals surface area contributed by atoms with Crippen LogP contribution in [0.1, 0.15) is 0 Å². The van der Waals surface area contributed by atoms with Gasteiger partial charge in [0, 0.05) is 13.5 Å². The Hall–Kier alpha value is -1.09. The van der Waals surface area contributed by atoms with Crippen molar-refractivity contribution in [2.24, 2.45) is 0 Å². The van der Waals surface area contributed by atoms with Gasteiger partial charge in [-0.3, -0.25) is 0 Å². The van der Waals surface area contributed by atoms with E-state index >= 15 is 0 Å². The summed E-state index contributed by atoms with van der Waals surface area (Å²) >= 11 is 0. The Balaban J connectivity index is 0. The van der Waals surface area contributed by atoms with Crippen LogP contribution in [0, 0.1) is 7.43 Å². The van der Waals surface area contributed by atoms with E-state index in [9.17, 15) is 4.79 Å². The fourth-order valence-electron chi connectivity index (χ4n) is 0.215. The topological polar surface area (TPSA) is 46.5 Å². The summed E-state index contributed by atoms with van der Waals surface area (Å²) in [5, 5.41) is 8.55. The van der Waals surface area contributed by atoms with Gasteiger partial charge in [-0.05, 0) is 6.08 Å². The molecule has 0 spiro atoms. The van der Waals surface area contributed by atoms with Crippen LogP contribution < -0.4 is 0 Å². The zero-order valence-electron chi connectivity index (χ0n) is 5.41.